The molecule has 0 bridgehead atoms. The number of hydrogen-bond donors (Lipinski definition) is 1. The Kier molecular flexibility index (Phi) is 4.24. The first-order chi connectivity index (χ1) is 10.7. The Hall–Kier alpha value is -2.54. The van der Waals surface area contributed by atoms with Crippen LogP contribution in [0.4, 0.5) is 4.39 Å². The molecule has 0 saturated carbocycles. The molecule has 0 unspecified atom stereocenters. The molecule has 0 spiro atoms. The van der Waals surface area contributed by atoms with Gasteiger partial charge < -0.3 is 5.32 Å². The van der Waals surface area contributed by atoms with E-state index >= 15 is 0 Å². The minimum atomic E-state index is -0.315. The van der Waals surface area contributed by atoms with E-state index in [1.807, 2.05) is 23.0 Å². The van der Waals surface area contributed by atoms with Crippen LogP contribution in [0.3, 0.4) is 0 Å². The molecule has 0 saturated heterocycles. The molecule has 3 aromatic rings. The molecule has 2 heterocycles. The van der Waals surface area contributed by atoms with Crippen LogP contribution >= 0.6 is 0 Å². The van der Waals surface area contributed by atoms with Crippen LogP contribution in [-0.4, -0.2) is 30.6 Å². The van der Waals surface area contributed by atoms with Crippen molar-refractivity contribution in [1.29, 1.82) is 0 Å². The molecular formula is C15H17FN6. The highest BCUT2D eigenvalue weighted by atomic mass is 19.1. The van der Waals surface area contributed by atoms with E-state index in [1.54, 1.807) is 12.3 Å². The molecule has 0 amide bonds. The van der Waals surface area contributed by atoms with Crippen molar-refractivity contribution in [2.45, 2.75) is 26.1 Å². The van der Waals surface area contributed by atoms with E-state index in [4.69, 9.17) is 0 Å². The van der Waals surface area contributed by atoms with Gasteiger partial charge in [-0.3, -0.25) is 4.68 Å². The molecule has 6 nitrogen and oxygen atoms in total. The van der Waals surface area contributed by atoms with E-state index in [9.17, 15) is 4.39 Å². The molecule has 1 aromatic carbocycles. The average molecular weight is 300 g/mol. The van der Waals surface area contributed by atoms with E-state index in [-0.39, 0.29) is 11.9 Å². The Balaban J connectivity index is 1.60. The van der Waals surface area contributed by atoms with Crippen LogP contribution in [0.25, 0.3) is 5.69 Å². The molecule has 3 rings (SSSR count). The van der Waals surface area contributed by atoms with Gasteiger partial charge in [0.25, 0.3) is 0 Å². The maximum absolute atomic E-state index is 14.1. The van der Waals surface area contributed by atoms with E-state index in [0.717, 1.165) is 12.1 Å². The summed E-state index contributed by atoms with van der Waals surface area (Å²) in [5.41, 5.74) is 1.28. The van der Waals surface area contributed by atoms with Gasteiger partial charge in [0.1, 0.15) is 24.2 Å². The number of hydrogen-bond acceptors (Lipinski definition) is 4. The molecule has 0 aliphatic carbocycles. The third-order valence-electron chi connectivity index (χ3n) is 3.35. The van der Waals surface area contributed by atoms with Crippen molar-refractivity contribution in [3.05, 3.63) is 60.7 Å². The summed E-state index contributed by atoms with van der Waals surface area (Å²) in [4.78, 5) is 3.82. The fourth-order valence-corrected chi connectivity index (χ4v) is 2.22. The van der Waals surface area contributed by atoms with E-state index < -0.39 is 0 Å². The maximum atomic E-state index is 14.1. The predicted molar refractivity (Wildman–Crippen MR) is 79.8 cm³/mol. The second-order valence-electron chi connectivity index (χ2n) is 5.14. The lowest BCUT2D eigenvalue weighted by molar-refractivity contribution is 0.450. The fraction of sp³-hybridized carbons (Fsp3) is 0.267. The average Bonchev–Trinajstić information content (AvgIpc) is 3.18. The van der Waals surface area contributed by atoms with Gasteiger partial charge in [0.15, 0.2) is 0 Å². The Bertz CT molecular complexity index is 708. The number of benzene rings is 1. The summed E-state index contributed by atoms with van der Waals surface area (Å²) in [5.74, 6) is -0.315. The van der Waals surface area contributed by atoms with Crippen molar-refractivity contribution in [3.63, 3.8) is 0 Å². The summed E-state index contributed by atoms with van der Waals surface area (Å²) in [6.07, 6.45) is 6.53. The van der Waals surface area contributed by atoms with E-state index in [2.05, 4.69) is 27.4 Å². The van der Waals surface area contributed by atoms with Gasteiger partial charge in [-0.05, 0) is 30.7 Å². The summed E-state index contributed by atoms with van der Waals surface area (Å²) in [6, 6.07) is 7.24. The molecule has 7 heteroatoms. The quantitative estimate of drug-likeness (QED) is 0.754. The predicted octanol–water partition coefficient (Wildman–Crippen LogP) is 1.78. The maximum Gasteiger partial charge on any atom is 0.149 e. The van der Waals surface area contributed by atoms with Gasteiger partial charge in [-0.2, -0.15) is 10.2 Å². The van der Waals surface area contributed by atoms with Crippen molar-refractivity contribution in [1.82, 2.24) is 29.9 Å². The second-order valence-corrected chi connectivity index (χ2v) is 5.14. The minimum absolute atomic E-state index is 0.234. The molecule has 2 aromatic heterocycles. The molecule has 114 valence electrons. The molecule has 0 aliphatic rings. The van der Waals surface area contributed by atoms with Crippen LogP contribution in [-0.2, 0) is 13.1 Å². The summed E-state index contributed by atoms with van der Waals surface area (Å²) < 4.78 is 17.4. The molecule has 1 atom stereocenters. The largest absolute Gasteiger partial charge is 0.308 e. The van der Waals surface area contributed by atoms with Gasteiger partial charge in [-0.25, -0.2) is 14.1 Å². The van der Waals surface area contributed by atoms with E-state index in [0.29, 0.717) is 12.2 Å². The first kappa shape index (κ1) is 14.4. The lowest BCUT2D eigenvalue weighted by Gasteiger charge is -2.14. The fourth-order valence-electron chi connectivity index (χ4n) is 2.22. The van der Waals surface area contributed by atoms with Crippen molar-refractivity contribution in [2.24, 2.45) is 0 Å². The van der Waals surface area contributed by atoms with Gasteiger partial charge >= 0.3 is 0 Å². The standard InChI is InChI=1S/C15H17FN6/c1-12(9-21-6-2-5-19-21)18-8-13-3-4-15(14(16)7-13)22-11-17-10-20-22/h2-7,10-12,18H,8-9H2,1H3/t12-/m1/s1. The Morgan fingerprint density at radius 2 is 2.23 bits per heavy atom. The van der Waals surface area contributed by atoms with Crippen LogP contribution in [0.5, 0.6) is 0 Å². The monoisotopic (exact) mass is 300 g/mol. The van der Waals surface area contributed by atoms with Crippen molar-refractivity contribution >= 4 is 0 Å². The number of nitrogens with one attached hydrogen (secondary N) is 1. The zero-order chi connectivity index (χ0) is 15.4. The lowest BCUT2D eigenvalue weighted by atomic mass is 10.2. The SMILES string of the molecule is C[C@H](Cn1cccn1)NCc1ccc(-n2cncn2)c(F)c1. The zero-order valence-corrected chi connectivity index (χ0v) is 12.2. The summed E-state index contributed by atoms with van der Waals surface area (Å²) in [7, 11) is 0. The number of aromatic nitrogens is 5. The van der Waals surface area contributed by atoms with Crippen LogP contribution < -0.4 is 5.32 Å². The highest BCUT2D eigenvalue weighted by Crippen LogP contribution is 2.14. The lowest BCUT2D eigenvalue weighted by Crippen LogP contribution is -2.30. The summed E-state index contributed by atoms with van der Waals surface area (Å²) in [6.45, 7) is 3.44. The first-order valence-electron chi connectivity index (χ1n) is 7.06. The third kappa shape index (κ3) is 3.37. The molecule has 0 fully saturated rings. The Morgan fingerprint density at radius 1 is 1.32 bits per heavy atom. The van der Waals surface area contributed by atoms with Crippen LogP contribution in [0, 0.1) is 5.82 Å². The first-order valence-corrected chi connectivity index (χ1v) is 7.06. The number of nitrogens with zero attached hydrogens (tertiary/aromatic N) is 5. The normalized spacial score (nSPS) is 12.5. The smallest absolute Gasteiger partial charge is 0.149 e. The number of rotatable bonds is 6. The topological polar surface area (TPSA) is 60.6 Å². The minimum Gasteiger partial charge on any atom is -0.308 e. The van der Waals surface area contributed by atoms with E-state index in [1.165, 1.54) is 23.4 Å². The van der Waals surface area contributed by atoms with Crippen LogP contribution in [0.15, 0.2) is 49.3 Å². The molecule has 1 N–H and O–H groups in total. The highest BCUT2D eigenvalue weighted by molar-refractivity contribution is 5.35. The molecule has 0 radical (unpaired) electrons. The van der Waals surface area contributed by atoms with Gasteiger partial charge in [0.2, 0.25) is 0 Å². The third-order valence-corrected chi connectivity index (χ3v) is 3.35. The molecule has 0 aliphatic heterocycles. The van der Waals surface area contributed by atoms with Gasteiger partial charge in [-0.15, -0.1) is 0 Å². The van der Waals surface area contributed by atoms with Crippen LogP contribution in [0.2, 0.25) is 0 Å². The zero-order valence-electron chi connectivity index (χ0n) is 12.2. The Morgan fingerprint density at radius 3 is 2.91 bits per heavy atom. The summed E-state index contributed by atoms with van der Waals surface area (Å²) in [5, 5.41) is 11.5. The number of halogens is 1. The van der Waals surface area contributed by atoms with Crippen molar-refractivity contribution < 1.29 is 4.39 Å². The molecular weight excluding hydrogens is 283 g/mol. The van der Waals surface area contributed by atoms with Gasteiger partial charge in [0, 0.05) is 25.0 Å². The van der Waals surface area contributed by atoms with Gasteiger partial charge in [-0.1, -0.05) is 6.07 Å². The highest BCUT2D eigenvalue weighted by Gasteiger charge is 2.08. The van der Waals surface area contributed by atoms with Crippen molar-refractivity contribution in [3.8, 4) is 5.69 Å². The van der Waals surface area contributed by atoms with Crippen LogP contribution in [0.1, 0.15) is 12.5 Å². The summed E-state index contributed by atoms with van der Waals surface area (Å²) >= 11 is 0. The second kappa shape index (κ2) is 6.48. The Labute approximate surface area is 127 Å². The van der Waals surface area contributed by atoms with Gasteiger partial charge in [0.05, 0.1) is 6.54 Å². The van der Waals surface area contributed by atoms with Crippen molar-refractivity contribution in [2.75, 3.05) is 0 Å². The molecule has 22 heavy (non-hydrogen) atoms.